The smallest absolute Gasteiger partial charge is 0.308 e. The molecular formula is C14H23NO3. The average Bonchev–Trinajstić information content (AvgIpc) is 2.74. The van der Waals surface area contributed by atoms with Crippen molar-refractivity contribution in [2.75, 3.05) is 6.54 Å². The minimum absolute atomic E-state index is 0.0415. The summed E-state index contributed by atoms with van der Waals surface area (Å²) in [7, 11) is 0. The summed E-state index contributed by atoms with van der Waals surface area (Å²) < 4.78 is 0. The van der Waals surface area contributed by atoms with E-state index >= 15 is 0 Å². The van der Waals surface area contributed by atoms with Crippen LogP contribution < -0.4 is 0 Å². The van der Waals surface area contributed by atoms with E-state index < -0.39 is 11.9 Å². The molecule has 4 nitrogen and oxygen atoms in total. The van der Waals surface area contributed by atoms with Crippen molar-refractivity contribution in [1.82, 2.24) is 4.90 Å². The number of carboxylic acid groups (broad SMARTS) is 1. The average molecular weight is 253 g/mol. The van der Waals surface area contributed by atoms with Crippen LogP contribution in [-0.2, 0) is 9.59 Å². The van der Waals surface area contributed by atoms with E-state index in [0.29, 0.717) is 12.5 Å². The molecule has 1 aliphatic heterocycles. The molecule has 0 aromatic heterocycles. The molecule has 2 atom stereocenters. The van der Waals surface area contributed by atoms with Crippen molar-refractivity contribution < 1.29 is 14.7 Å². The van der Waals surface area contributed by atoms with Crippen LogP contribution in [0.2, 0.25) is 0 Å². The molecule has 0 spiro atoms. The Bertz CT molecular complexity index is 323. The fourth-order valence-electron chi connectivity index (χ4n) is 3.54. The summed E-state index contributed by atoms with van der Waals surface area (Å²) in [5.74, 6) is -0.695. The van der Waals surface area contributed by atoms with Crippen molar-refractivity contribution in [3.05, 3.63) is 0 Å². The number of carbonyl (C=O) groups is 2. The Morgan fingerprint density at radius 1 is 1.39 bits per heavy atom. The Morgan fingerprint density at radius 2 is 2.06 bits per heavy atom. The van der Waals surface area contributed by atoms with E-state index in [-0.39, 0.29) is 18.4 Å². The van der Waals surface area contributed by atoms with Gasteiger partial charge in [-0.2, -0.15) is 0 Å². The van der Waals surface area contributed by atoms with Crippen LogP contribution in [0.1, 0.15) is 51.9 Å². The molecular weight excluding hydrogens is 230 g/mol. The van der Waals surface area contributed by atoms with Crippen molar-refractivity contribution in [2.45, 2.75) is 57.9 Å². The van der Waals surface area contributed by atoms with Gasteiger partial charge in [-0.05, 0) is 25.2 Å². The summed E-state index contributed by atoms with van der Waals surface area (Å²) in [5.41, 5.74) is 0. The van der Waals surface area contributed by atoms with E-state index in [1.807, 2.05) is 4.90 Å². The highest BCUT2D eigenvalue weighted by Gasteiger charge is 2.39. The number of rotatable bonds is 4. The van der Waals surface area contributed by atoms with Gasteiger partial charge in [0, 0.05) is 19.0 Å². The third-order valence-corrected chi connectivity index (χ3v) is 4.52. The van der Waals surface area contributed by atoms with Gasteiger partial charge in [-0.3, -0.25) is 9.59 Å². The quantitative estimate of drug-likeness (QED) is 0.836. The van der Waals surface area contributed by atoms with Crippen LogP contribution in [0.5, 0.6) is 0 Å². The second kappa shape index (κ2) is 5.72. The van der Waals surface area contributed by atoms with Crippen LogP contribution in [0.3, 0.4) is 0 Å². The molecule has 2 rings (SSSR count). The highest BCUT2D eigenvalue weighted by molar-refractivity contribution is 5.86. The van der Waals surface area contributed by atoms with Crippen LogP contribution in [0.15, 0.2) is 0 Å². The highest BCUT2D eigenvalue weighted by Crippen LogP contribution is 2.33. The molecule has 2 unspecified atom stereocenters. The Hall–Kier alpha value is -1.06. The Kier molecular flexibility index (Phi) is 4.25. The van der Waals surface area contributed by atoms with Gasteiger partial charge in [-0.25, -0.2) is 0 Å². The number of hydrogen-bond donors (Lipinski definition) is 1. The highest BCUT2D eigenvalue weighted by atomic mass is 16.4. The second-order valence-electron chi connectivity index (χ2n) is 5.66. The van der Waals surface area contributed by atoms with Crippen molar-refractivity contribution >= 4 is 11.9 Å². The number of aliphatic carboxylic acids is 1. The minimum Gasteiger partial charge on any atom is -0.481 e. The number of hydrogen-bond acceptors (Lipinski definition) is 2. The van der Waals surface area contributed by atoms with Crippen LogP contribution in [0.4, 0.5) is 0 Å². The SMILES string of the molecule is CCC(C1CCCCC1)N1CC(C(=O)O)CC1=O. The fraction of sp³-hybridized carbons (Fsp3) is 0.857. The number of carboxylic acids is 1. The molecule has 102 valence electrons. The molecule has 1 amide bonds. The maximum Gasteiger partial charge on any atom is 0.308 e. The van der Waals surface area contributed by atoms with E-state index in [1.165, 1.54) is 32.1 Å². The Balaban J connectivity index is 2.03. The molecule has 0 aromatic rings. The van der Waals surface area contributed by atoms with Crippen molar-refractivity contribution in [3.8, 4) is 0 Å². The zero-order chi connectivity index (χ0) is 13.1. The lowest BCUT2D eigenvalue weighted by Crippen LogP contribution is -2.42. The molecule has 0 bridgehead atoms. The van der Waals surface area contributed by atoms with Gasteiger partial charge in [-0.1, -0.05) is 26.2 Å². The molecule has 1 aliphatic carbocycles. The topological polar surface area (TPSA) is 57.6 Å². The third-order valence-electron chi connectivity index (χ3n) is 4.52. The van der Waals surface area contributed by atoms with E-state index in [2.05, 4.69) is 6.92 Å². The van der Waals surface area contributed by atoms with Gasteiger partial charge in [0.15, 0.2) is 0 Å². The third kappa shape index (κ3) is 2.68. The summed E-state index contributed by atoms with van der Waals surface area (Å²) in [6, 6.07) is 0.266. The van der Waals surface area contributed by atoms with Crippen LogP contribution in [0.25, 0.3) is 0 Å². The lowest BCUT2D eigenvalue weighted by molar-refractivity contribution is -0.141. The minimum atomic E-state index is -0.829. The summed E-state index contributed by atoms with van der Waals surface area (Å²) in [5, 5.41) is 9.03. The van der Waals surface area contributed by atoms with Crippen LogP contribution >= 0.6 is 0 Å². The van der Waals surface area contributed by atoms with Crippen LogP contribution in [0, 0.1) is 11.8 Å². The monoisotopic (exact) mass is 253 g/mol. The number of carbonyl (C=O) groups excluding carboxylic acids is 1. The second-order valence-corrected chi connectivity index (χ2v) is 5.66. The number of likely N-dealkylation sites (tertiary alicyclic amines) is 1. The summed E-state index contributed by atoms with van der Waals surface area (Å²) >= 11 is 0. The molecule has 4 heteroatoms. The summed E-state index contributed by atoms with van der Waals surface area (Å²) in [6.45, 7) is 2.53. The summed E-state index contributed by atoms with van der Waals surface area (Å²) in [4.78, 5) is 24.9. The number of nitrogens with zero attached hydrogens (tertiary/aromatic N) is 1. The zero-order valence-corrected chi connectivity index (χ0v) is 11.1. The lowest BCUT2D eigenvalue weighted by atomic mass is 9.82. The van der Waals surface area contributed by atoms with Gasteiger partial charge in [0.2, 0.25) is 5.91 Å². The van der Waals surface area contributed by atoms with E-state index in [4.69, 9.17) is 5.11 Å². The van der Waals surface area contributed by atoms with Crippen molar-refractivity contribution in [2.24, 2.45) is 11.8 Å². The van der Waals surface area contributed by atoms with Crippen molar-refractivity contribution in [3.63, 3.8) is 0 Å². The lowest BCUT2D eigenvalue weighted by Gasteiger charge is -2.36. The van der Waals surface area contributed by atoms with E-state index in [9.17, 15) is 9.59 Å². The Labute approximate surface area is 108 Å². The largest absolute Gasteiger partial charge is 0.481 e. The molecule has 1 saturated heterocycles. The zero-order valence-electron chi connectivity index (χ0n) is 11.1. The first kappa shape index (κ1) is 13.4. The van der Waals surface area contributed by atoms with Gasteiger partial charge in [0.25, 0.3) is 0 Å². The van der Waals surface area contributed by atoms with Gasteiger partial charge < -0.3 is 10.0 Å². The first-order chi connectivity index (χ1) is 8.63. The normalized spacial score (nSPS) is 27.5. The molecule has 1 heterocycles. The Morgan fingerprint density at radius 3 is 2.56 bits per heavy atom. The standard InChI is InChI=1S/C14H23NO3/c1-2-12(10-6-4-3-5-7-10)15-9-11(14(17)18)8-13(15)16/h10-12H,2-9H2,1H3,(H,17,18). The fourth-order valence-corrected chi connectivity index (χ4v) is 3.54. The molecule has 0 radical (unpaired) electrons. The predicted octanol–water partition coefficient (Wildman–Crippen LogP) is 2.28. The first-order valence-electron chi connectivity index (χ1n) is 7.15. The molecule has 2 aliphatic rings. The molecule has 1 N–H and O–H groups in total. The predicted molar refractivity (Wildman–Crippen MR) is 68.1 cm³/mol. The maximum absolute atomic E-state index is 12.0. The van der Waals surface area contributed by atoms with Gasteiger partial charge in [0.1, 0.15) is 0 Å². The molecule has 2 fully saturated rings. The first-order valence-corrected chi connectivity index (χ1v) is 7.15. The van der Waals surface area contributed by atoms with Crippen molar-refractivity contribution in [1.29, 1.82) is 0 Å². The molecule has 1 saturated carbocycles. The van der Waals surface area contributed by atoms with Crippen LogP contribution in [-0.4, -0.2) is 34.5 Å². The summed E-state index contributed by atoms with van der Waals surface area (Å²) in [6.07, 6.45) is 7.34. The maximum atomic E-state index is 12.0. The number of amides is 1. The van der Waals surface area contributed by atoms with Gasteiger partial charge in [0.05, 0.1) is 5.92 Å². The molecule has 18 heavy (non-hydrogen) atoms. The van der Waals surface area contributed by atoms with E-state index in [0.717, 1.165) is 6.42 Å². The van der Waals surface area contributed by atoms with Gasteiger partial charge >= 0.3 is 5.97 Å². The molecule has 0 aromatic carbocycles. The van der Waals surface area contributed by atoms with Gasteiger partial charge in [-0.15, -0.1) is 0 Å². The van der Waals surface area contributed by atoms with E-state index in [1.54, 1.807) is 0 Å².